The van der Waals surface area contributed by atoms with E-state index in [4.69, 9.17) is 5.73 Å². The maximum atomic E-state index is 11.2. The Morgan fingerprint density at radius 1 is 1.45 bits per heavy atom. The summed E-state index contributed by atoms with van der Waals surface area (Å²) in [5.74, 6) is 0.414. The number of nitro benzene ring substituents is 1. The minimum atomic E-state index is -0.448. The van der Waals surface area contributed by atoms with E-state index >= 15 is 0 Å². The van der Waals surface area contributed by atoms with Crippen molar-refractivity contribution in [2.24, 2.45) is 0 Å². The van der Waals surface area contributed by atoms with Gasteiger partial charge < -0.3 is 10.7 Å². The summed E-state index contributed by atoms with van der Waals surface area (Å²) in [7, 11) is 0. The van der Waals surface area contributed by atoms with Crippen molar-refractivity contribution in [3.63, 3.8) is 0 Å². The van der Waals surface area contributed by atoms with E-state index in [9.17, 15) is 14.9 Å². The molecule has 0 saturated heterocycles. The maximum absolute atomic E-state index is 11.2. The van der Waals surface area contributed by atoms with E-state index in [0.717, 1.165) is 0 Å². The SMILES string of the molecule is Nc1cc(=O)[nH]c(SCc2ccc(Br)cc2[N+](=O)[O-])n1. The molecule has 0 fully saturated rings. The molecule has 1 aromatic carbocycles. The van der Waals surface area contributed by atoms with Crippen molar-refractivity contribution < 1.29 is 4.92 Å². The molecule has 2 rings (SSSR count). The van der Waals surface area contributed by atoms with Gasteiger partial charge in [0.25, 0.3) is 11.2 Å². The predicted molar refractivity (Wildman–Crippen MR) is 79.6 cm³/mol. The summed E-state index contributed by atoms with van der Waals surface area (Å²) in [6.07, 6.45) is 0. The molecule has 0 atom stereocenters. The summed E-state index contributed by atoms with van der Waals surface area (Å²) in [5, 5.41) is 11.3. The summed E-state index contributed by atoms with van der Waals surface area (Å²) in [5.41, 5.74) is 5.66. The normalized spacial score (nSPS) is 10.4. The number of nitro groups is 1. The predicted octanol–water partition coefficient (Wildman–Crippen LogP) is 2.32. The average molecular weight is 357 g/mol. The van der Waals surface area contributed by atoms with Crippen molar-refractivity contribution in [2.45, 2.75) is 10.9 Å². The van der Waals surface area contributed by atoms with Gasteiger partial charge in [-0.15, -0.1) is 0 Å². The molecule has 0 bridgehead atoms. The molecular weight excluding hydrogens is 348 g/mol. The number of hydrogen-bond donors (Lipinski definition) is 2. The number of halogens is 1. The lowest BCUT2D eigenvalue weighted by atomic mass is 10.2. The zero-order valence-corrected chi connectivity index (χ0v) is 12.4. The Balaban J connectivity index is 2.22. The van der Waals surface area contributed by atoms with Gasteiger partial charge >= 0.3 is 0 Å². The number of rotatable bonds is 4. The Hall–Kier alpha value is -1.87. The molecule has 0 spiro atoms. The second-order valence-electron chi connectivity index (χ2n) is 3.79. The van der Waals surface area contributed by atoms with Gasteiger partial charge in [0, 0.05) is 27.9 Å². The van der Waals surface area contributed by atoms with Crippen LogP contribution in [0.15, 0.2) is 38.7 Å². The highest BCUT2D eigenvalue weighted by Crippen LogP contribution is 2.28. The van der Waals surface area contributed by atoms with Crippen LogP contribution in [0, 0.1) is 10.1 Å². The standard InChI is InChI=1S/C11H9BrN4O3S/c12-7-2-1-6(8(3-7)16(18)19)5-20-11-14-9(13)4-10(17)15-11/h1-4H,5H2,(H3,13,14,15,17). The van der Waals surface area contributed by atoms with Gasteiger partial charge in [-0.25, -0.2) is 4.98 Å². The monoisotopic (exact) mass is 356 g/mol. The van der Waals surface area contributed by atoms with E-state index in [2.05, 4.69) is 25.9 Å². The zero-order valence-electron chi connectivity index (χ0n) is 10.00. The van der Waals surface area contributed by atoms with E-state index < -0.39 is 4.92 Å². The van der Waals surface area contributed by atoms with Crippen LogP contribution in [0.5, 0.6) is 0 Å². The molecule has 7 nitrogen and oxygen atoms in total. The van der Waals surface area contributed by atoms with Gasteiger partial charge in [-0.05, 0) is 6.07 Å². The molecule has 0 unspecified atom stereocenters. The first-order valence-corrected chi connectivity index (χ1v) is 7.16. The summed E-state index contributed by atoms with van der Waals surface area (Å²) < 4.78 is 0.633. The quantitative estimate of drug-likeness (QED) is 0.376. The van der Waals surface area contributed by atoms with Crippen LogP contribution in [0.4, 0.5) is 11.5 Å². The van der Waals surface area contributed by atoms with E-state index in [1.165, 1.54) is 23.9 Å². The minimum absolute atomic E-state index is 0.0122. The Bertz CT molecular complexity index is 719. The average Bonchev–Trinajstić information content (AvgIpc) is 2.36. The number of aromatic amines is 1. The lowest BCUT2D eigenvalue weighted by molar-refractivity contribution is -0.385. The summed E-state index contributed by atoms with van der Waals surface area (Å²) in [6.45, 7) is 0. The lowest BCUT2D eigenvalue weighted by Crippen LogP contribution is -2.09. The van der Waals surface area contributed by atoms with Gasteiger partial charge in [-0.2, -0.15) is 0 Å². The smallest absolute Gasteiger partial charge is 0.274 e. The van der Waals surface area contributed by atoms with Crippen LogP contribution in [0.3, 0.4) is 0 Å². The minimum Gasteiger partial charge on any atom is -0.383 e. The molecule has 1 heterocycles. The highest BCUT2D eigenvalue weighted by Gasteiger charge is 2.14. The number of benzene rings is 1. The number of nitrogen functional groups attached to an aromatic ring is 1. The van der Waals surface area contributed by atoms with Crippen molar-refractivity contribution in [3.8, 4) is 0 Å². The first kappa shape index (κ1) is 14.5. The third-order valence-corrected chi connectivity index (χ3v) is 3.76. The number of hydrogen-bond acceptors (Lipinski definition) is 6. The Labute approximate surface area is 125 Å². The highest BCUT2D eigenvalue weighted by molar-refractivity contribution is 9.10. The molecule has 9 heteroatoms. The fourth-order valence-electron chi connectivity index (χ4n) is 1.50. The van der Waals surface area contributed by atoms with E-state index in [-0.39, 0.29) is 17.1 Å². The van der Waals surface area contributed by atoms with Gasteiger partial charge in [-0.1, -0.05) is 33.8 Å². The summed E-state index contributed by atoms with van der Waals surface area (Å²) in [4.78, 5) is 28.2. The van der Waals surface area contributed by atoms with Crippen molar-refractivity contribution in [1.82, 2.24) is 9.97 Å². The van der Waals surface area contributed by atoms with Crippen molar-refractivity contribution in [2.75, 3.05) is 5.73 Å². The second-order valence-corrected chi connectivity index (χ2v) is 5.67. The molecule has 1 aromatic heterocycles. The summed E-state index contributed by atoms with van der Waals surface area (Å²) in [6, 6.07) is 5.98. The molecule has 2 aromatic rings. The first-order valence-electron chi connectivity index (χ1n) is 5.38. The van der Waals surface area contributed by atoms with Crippen molar-refractivity contribution >= 4 is 39.2 Å². The van der Waals surface area contributed by atoms with Crippen LogP contribution >= 0.6 is 27.7 Å². The van der Waals surface area contributed by atoms with Crippen LogP contribution in [0.25, 0.3) is 0 Å². The largest absolute Gasteiger partial charge is 0.383 e. The molecular formula is C11H9BrN4O3S. The molecule has 104 valence electrons. The molecule has 0 aliphatic rings. The van der Waals surface area contributed by atoms with Crippen molar-refractivity contribution in [3.05, 3.63) is 54.8 Å². The molecule has 0 amide bonds. The Kier molecular flexibility index (Phi) is 4.40. The van der Waals surface area contributed by atoms with E-state index in [0.29, 0.717) is 20.9 Å². The molecule has 0 saturated carbocycles. The van der Waals surface area contributed by atoms with E-state index in [1.807, 2.05) is 0 Å². The van der Waals surface area contributed by atoms with Gasteiger partial charge in [0.15, 0.2) is 5.16 Å². The van der Waals surface area contributed by atoms with Crippen LogP contribution in [0.1, 0.15) is 5.56 Å². The van der Waals surface area contributed by atoms with Gasteiger partial charge in [-0.3, -0.25) is 14.9 Å². The third kappa shape index (κ3) is 3.58. The maximum Gasteiger partial charge on any atom is 0.274 e. The Morgan fingerprint density at radius 2 is 2.20 bits per heavy atom. The zero-order chi connectivity index (χ0) is 14.7. The first-order chi connectivity index (χ1) is 9.45. The number of nitrogens with zero attached hydrogens (tertiary/aromatic N) is 2. The number of anilines is 1. The van der Waals surface area contributed by atoms with Crippen LogP contribution in [-0.2, 0) is 5.75 Å². The van der Waals surface area contributed by atoms with E-state index in [1.54, 1.807) is 12.1 Å². The van der Waals surface area contributed by atoms with Crippen LogP contribution < -0.4 is 11.3 Å². The van der Waals surface area contributed by atoms with Crippen LogP contribution in [0.2, 0.25) is 0 Å². The van der Waals surface area contributed by atoms with Gasteiger partial charge in [0.2, 0.25) is 0 Å². The molecule has 0 aliphatic carbocycles. The number of aromatic nitrogens is 2. The lowest BCUT2D eigenvalue weighted by Gasteiger charge is -2.03. The van der Waals surface area contributed by atoms with Gasteiger partial charge in [0.05, 0.1) is 4.92 Å². The Morgan fingerprint density at radius 3 is 2.85 bits per heavy atom. The van der Waals surface area contributed by atoms with Crippen LogP contribution in [-0.4, -0.2) is 14.9 Å². The van der Waals surface area contributed by atoms with Gasteiger partial charge in [0.1, 0.15) is 5.82 Å². The topological polar surface area (TPSA) is 115 Å². The fraction of sp³-hybridized carbons (Fsp3) is 0.0909. The molecule has 0 aliphatic heterocycles. The number of nitrogens with two attached hydrogens (primary N) is 1. The fourth-order valence-corrected chi connectivity index (χ4v) is 2.72. The number of H-pyrrole nitrogens is 1. The number of nitrogens with one attached hydrogen (secondary N) is 1. The van der Waals surface area contributed by atoms with Crippen molar-refractivity contribution in [1.29, 1.82) is 0 Å². The summed E-state index contributed by atoms with van der Waals surface area (Å²) >= 11 is 4.36. The second kappa shape index (κ2) is 6.06. The number of thioether (sulfide) groups is 1. The third-order valence-electron chi connectivity index (χ3n) is 2.35. The highest BCUT2D eigenvalue weighted by atomic mass is 79.9. The molecule has 20 heavy (non-hydrogen) atoms. The molecule has 3 N–H and O–H groups in total. The molecule has 0 radical (unpaired) electrons.